The molecule has 0 bridgehead atoms. The fourth-order valence-corrected chi connectivity index (χ4v) is 4.24. The van der Waals surface area contributed by atoms with E-state index < -0.39 is 0 Å². The molecule has 0 radical (unpaired) electrons. The smallest absolute Gasteiger partial charge is 0.266 e. The zero-order valence-corrected chi connectivity index (χ0v) is 19.8. The molecular weight excluding hydrogens is 448 g/mol. The van der Waals surface area contributed by atoms with Gasteiger partial charge in [0.15, 0.2) is 5.16 Å². The number of rotatable bonds is 8. The van der Waals surface area contributed by atoms with Crippen molar-refractivity contribution < 1.29 is 9.59 Å². The Morgan fingerprint density at radius 1 is 1.22 bits per heavy atom. The summed E-state index contributed by atoms with van der Waals surface area (Å²) in [6.45, 7) is 4.42. The second kappa shape index (κ2) is 10.7. The summed E-state index contributed by atoms with van der Waals surface area (Å²) >= 11 is 7.26. The second-order valence-corrected chi connectivity index (χ2v) is 8.75. The van der Waals surface area contributed by atoms with Gasteiger partial charge in [-0.3, -0.25) is 19.0 Å². The number of carbonyl (C=O) groups is 2. The Hall–Kier alpha value is -2.84. The van der Waals surface area contributed by atoms with Crippen LogP contribution < -0.4 is 10.9 Å². The van der Waals surface area contributed by atoms with Gasteiger partial charge in [-0.25, -0.2) is 4.98 Å². The number of aromatic nitrogens is 2. The van der Waals surface area contributed by atoms with Crippen LogP contribution in [0, 0.1) is 6.92 Å². The molecule has 0 unspecified atom stereocenters. The quantitative estimate of drug-likeness (QED) is 0.401. The van der Waals surface area contributed by atoms with Gasteiger partial charge in [0, 0.05) is 18.6 Å². The number of fused-ring (bicyclic) bond motifs is 1. The van der Waals surface area contributed by atoms with E-state index in [0.29, 0.717) is 33.3 Å². The van der Waals surface area contributed by atoms with Crippen LogP contribution in [0.3, 0.4) is 0 Å². The molecule has 0 atom stereocenters. The fraction of sp³-hybridized carbons (Fsp3) is 0.304. The third-order valence-corrected chi connectivity index (χ3v) is 6.02. The first kappa shape index (κ1) is 23.8. The summed E-state index contributed by atoms with van der Waals surface area (Å²) < 4.78 is 1.53. The topological polar surface area (TPSA) is 84.3 Å². The van der Waals surface area contributed by atoms with E-state index >= 15 is 0 Å². The van der Waals surface area contributed by atoms with Crippen LogP contribution in [-0.4, -0.2) is 52.2 Å². The molecule has 1 N–H and O–H groups in total. The molecule has 0 saturated heterocycles. The molecule has 7 nitrogen and oxygen atoms in total. The van der Waals surface area contributed by atoms with Crippen molar-refractivity contribution >= 4 is 46.1 Å². The Labute approximate surface area is 195 Å². The predicted molar refractivity (Wildman–Crippen MR) is 129 cm³/mol. The first-order valence-electron chi connectivity index (χ1n) is 10.2. The Bertz CT molecular complexity index is 1210. The van der Waals surface area contributed by atoms with Crippen molar-refractivity contribution in [1.82, 2.24) is 19.8 Å². The number of benzene rings is 2. The van der Waals surface area contributed by atoms with Crippen LogP contribution in [0.4, 0.5) is 0 Å². The zero-order valence-electron chi connectivity index (χ0n) is 18.2. The van der Waals surface area contributed by atoms with Crippen molar-refractivity contribution in [2.45, 2.75) is 25.4 Å². The zero-order chi connectivity index (χ0) is 23.3. The minimum Gasteiger partial charge on any atom is -0.355 e. The summed E-state index contributed by atoms with van der Waals surface area (Å²) in [7, 11) is 1.58. The predicted octanol–water partition coefficient (Wildman–Crippen LogP) is 3.42. The Morgan fingerprint density at radius 2 is 1.97 bits per heavy atom. The number of aryl methyl sites for hydroxylation is 1. The van der Waals surface area contributed by atoms with E-state index in [0.717, 1.165) is 23.7 Å². The first-order chi connectivity index (χ1) is 15.3. The molecule has 3 aromatic rings. The largest absolute Gasteiger partial charge is 0.355 e. The highest BCUT2D eigenvalue weighted by Crippen LogP contribution is 2.24. The Balaban J connectivity index is 1.92. The lowest BCUT2D eigenvalue weighted by Gasteiger charge is -2.18. The van der Waals surface area contributed by atoms with Crippen LogP contribution in [0.25, 0.3) is 16.6 Å². The number of likely N-dealkylation sites (N-methyl/N-ethyl adjacent to an activating group) is 1. The van der Waals surface area contributed by atoms with E-state index in [1.54, 1.807) is 25.2 Å². The Morgan fingerprint density at radius 3 is 2.69 bits per heavy atom. The molecule has 2 aromatic carbocycles. The maximum Gasteiger partial charge on any atom is 0.266 e. The average molecular weight is 473 g/mol. The number of hydrogen-bond acceptors (Lipinski definition) is 5. The number of nitrogens with one attached hydrogen (secondary N) is 1. The second-order valence-electron chi connectivity index (χ2n) is 7.37. The third kappa shape index (κ3) is 5.49. The highest BCUT2D eigenvalue weighted by atomic mass is 35.5. The molecular formula is C23H25ClN4O3S. The van der Waals surface area contributed by atoms with Crippen molar-refractivity contribution in [2.75, 3.05) is 25.9 Å². The van der Waals surface area contributed by atoms with Gasteiger partial charge in [0.05, 0.1) is 28.9 Å². The van der Waals surface area contributed by atoms with Gasteiger partial charge in [0.25, 0.3) is 5.56 Å². The van der Waals surface area contributed by atoms with Gasteiger partial charge in [0.1, 0.15) is 0 Å². The van der Waals surface area contributed by atoms with Crippen LogP contribution in [0.15, 0.2) is 52.4 Å². The van der Waals surface area contributed by atoms with E-state index in [4.69, 9.17) is 11.6 Å². The lowest BCUT2D eigenvalue weighted by Crippen LogP contribution is -2.39. The van der Waals surface area contributed by atoms with Gasteiger partial charge in [0.2, 0.25) is 11.8 Å². The van der Waals surface area contributed by atoms with Gasteiger partial charge in [-0.15, -0.1) is 0 Å². The number of halogens is 1. The van der Waals surface area contributed by atoms with Crippen molar-refractivity contribution in [3.05, 3.63) is 63.4 Å². The van der Waals surface area contributed by atoms with Crippen molar-refractivity contribution in [2.24, 2.45) is 0 Å². The molecule has 0 spiro atoms. The lowest BCUT2D eigenvalue weighted by atomic mass is 10.2. The summed E-state index contributed by atoms with van der Waals surface area (Å²) in [6, 6.07) is 12.5. The van der Waals surface area contributed by atoms with E-state index in [-0.39, 0.29) is 29.7 Å². The number of carbonyl (C=O) groups excluding carboxylic acids is 2. The van der Waals surface area contributed by atoms with Crippen molar-refractivity contribution in [3.63, 3.8) is 0 Å². The highest BCUT2D eigenvalue weighted by Gasteiger charge is 2.18. The SMILES string of the molecule is CCCNC(=O)CN(C)C(=O)CSc1nc2cc(Cl)ccc2c(=O)n1-c1ccccc1C. The van der Waals surface area contributed by atoms with Gasteiger partial charge in [-0.2, -0.15) is 0 Å². The van der Waals surface area contributed by atoms with Crippen LogP contribution >= 0.6 is 23.4 Å². The molecule has 9 heteroatoms. The maximum atomic E-state index is 13.4. The molecule has 1 aromatic heterocycles. The number of para-hydroxylation sites is 1. The minimum absolute atomic E-state index is 0.0231. The fourth-order valence-electron chi connectivity index (χ4n) is 3.12. The Kier molecular flexibility index (Phi) is 7.93. The molecule has 0 aliphatic heterocycles. The molecule has 0 saturated carbocycles. The molecule has 2 amide bonds. The van der Waals surface area contributed by atoms with E-state index in [9.17, 15) is 14.4 Å². The van der Waals surface area contributed by atoms with Crippen LogP contribution in [0.1, 0.15) is 18.9 Å². The molecule has 1 heterocycles. The first-order valence-corrected chi connectivity index (χ1v) is 11.6. The van der Waals surface area contributed by atoms with Gasteiger partial charge in [-0.1, -0.05) is 48.5 Å². The van der Waals surface area contributed by atoms with E-state index in [2.05, 4.69) is 10.3 Å². The summed E-state index contributed by atoms with van der Waals surface area (Å²) in [5.41, 5.74) is 1.84. The van der Waals surface area contributed by atoms with E-state index in [1.807, 2.05) is 38.1 Å². The molecule has 0 aliphatic rings. The number of thioether (sulfide) groups is 1. The van der Waals surface area contributed by atoms with Crippen molar-refractivity contribution in [3.8, 4) is 5.69 Å². The average Bonchev–Trinajstić information content (AvgIpc) is 2.76. The summed E-state index contributed by atoms with van der Waals surface area (Å²) in [5, 5.41) is 4.05. The van der Waals surface area contributed by atoms with Gasteiger partial charge >= 0.3 is 0 Å². The lowest BCUT2D eigenvalue weighted by molar-refractivity contribution is -0.132. The van der Waals surface area contributed by atoms with Crippen LogP contribution in [-0.2, 0) is 9.59 Å². The molecule has 32 heavy (non-hydrogen) atoms. The minimum atomic E-state index is -0.238. The van der Waals surface area contributed by atoms with Gasteiger partial charge < -0.3 is 10.2 Å². The summed E-state index contributed by atoms with van der Waals surface area (Å²) in [5.74, 6) is -0.413. The molecule has 168 valence electrons. The number of amides is 2. The third-order valence-electron chi connectivity index (χ3n) is 4.86. The van der Waals surface area contributed by atoms with E-state index in [1.165, 1.54) is 9.47 Å². The number of nitrogens with zero attached hydrogens (tertiary/aromatic N) is 3. The van der Waals surface area contributed by atoms with Crippen LogP contribution in [0.5, 0.6) is 0 Å². The molecule has 0 fully saturated rings. The summed E-state index contributed by atoms with van der Waals surface area (Å²) in [6.07, 6.45) is 0.827. The monoisotopic (exact) mass is 472 g/mol. The molecule has 3 rings (SSSR count). The number of hydrogen-bond donors (Lipinski definition) is 1. The summed E-state index contributed by atoms with van der Waals surface area (Å²) in [4.78, 5) is 43.9. The standard InChI is InChI=1S/C23H25ClN4O3S/c1-4-11-25-20(29)13-27(3)21(30)14-32-23-26-18-12-16(24)9-10-17(18)22(31)28(23)19-8-6-5-7-15(19)2/h5-10,12H,4,11,13-14H2,1-3H3,(H,25,29). The normalized spacial score (nSPS) is 10.9. The highest BCUT2D eigenvalue weighted by molar-refractivity contribution is 7.99. The van der Waals surface area contributed by atoms with Gasteiger partial charge in [-0.05, 0) is 43.2 Å². The molecule has 0 aliphatic carbocycles. The maximum absolute atomic E-state index is 13.4. The van der Waals surface area contributed by atoms with Crippen molar-refractivity contribution in [1.29, 1.82) is 0 Å². The van der Waals surface area contributed by atoms with Crippen LogP contribution in [0.2, 0.25) is 5.02 Å².